The number of carbonyl (C=O) groups is 1. The summed E-state index contributed by atoms with van der Waals surface area (Å²) in [4.78, 5) is 11.7. The SMILES string of the molecule is COc1cccc([C@@H](C)NC(C)c2cc(-c3cc(C)cc(C(=O)O)c3)c3ccccc3c2)c1.Cl. The predicted octanol–water partition coefficient (Wildman–Crippen LogP) is 7.36. The van der Waals surface area contributed by atoms with Gasteiger partial charge >= 0.3 is 5.97 Å². The number of aromatic carboxylic acids is 1. The number of hydrogen-bond acceptors (Lipinski definition) is 3. The number of nitrogens with one attached hydrogen (secondary N) is 1. The normalized spacial score (nSPS) is 12.6. The van der Waals surface area contributed by atoms with E-state index >= 15 is 0 Å². The number of carboxylic acid groups (broad SMARTS) is 1. The van der Waals surface area contributed by atoms with Crippen LogP contribution in [0.25, 0.3) is 21.9 Å². The Labute approximate surface area is 207 Å². The van der Waals surface area contributed by atoms with Crippen LogP contribution in [0.15, 0.2) is 78.9 Å². The van der Waals surface area contributed by atoms with E-state index in [1.807, 2.05) is 31.2 Å². The minimum absolute atomic E-state index is 0. The lowest BCUT2D eigenvalue weighted by atomic mass is 9.91. The van der Waals surface area contributed by atoms with Crippen molar-refractivity contribution in [1.82, 2.24) is 5.32 Å². The van der Waals surface area contributed by atoms with Crippen molar-refractivity contribution >= 4 is 29.1 Å². The van der Waals surface area contributed by atoms with Crippen molar-refractivity contribution in [2.45, 2.75) is 32.9 Å². The number of halogens is 1. The van der Waals surface area contributed by atoms with Gasteiger partial charge in [0.2, 0.25) is 0 Å². The van der Waals surface area contributed by atoms with Crippen LogP contribution in [0.2, 0.25) is 0 Å². The molecule has 4 nitrogen and oxygen atoms in total. The number of carboxylic acids is 1. The predicted molar refractivity (Wildman–Crippen MR) is 141 cm³/mol. The van der Waals surface area contributed by atoms with Crippen molar-refractivity contribution in [3.05, 3.63) is 101 Å². The molecule has 4 rings (SSSR count). The van der Waals surface area contributed by atoms with E-state index in [0.717, 1.165) is 44.3 Å². The maximum atomic E-state index is 11.7. The van der Waals surface area contributed by atoms with Crippen molar-refractivity contribution in [2.24, 2.45) is 0 Å². The van der Waals surface area contributed by atoms with E-state index in [4.69, 9.17) is 4.74 Å². The molecule has 0 amide bonds. The van der Waals surface area contributed by atoms with Crippen LogP contribution in [-0.2, 0) is 0 Å². The summed E-state index contributed by atoms with van der Waals surface area (Å²) in [5.41, 5.74) is 5.49. The van der Waals surface area contributed by atoms with Gasteiger partial charge in [0, 0.05) is 12.1 Å². The maximum Gasteiger partial charge on any atom is 0.335 e. The number of hydrogen-bond donors (Lipinski definition) is 2. The van der Waals surface area contributed by atoms with Gasteiger partial charge in [-0.25, -0.2) is 4.79 Å². The van der Waals surface area contributed by atoms with Crippen molar-refractivity contribution in [2.75, 3.05) is 7.11 Å². The molecule has 0 radical (unpaired) electrons. The second-order valence-corrected chi connectivity index (χ2v) is 8.57. The molecule has 0 spiro atoms. The van der Waals surface area contributed by atoms with Crippen molar-refractivity contribution in [3.63, 3.8) is 0 Å². The summed E-state index contributed by atoms with van der Waals surface area (Å²) < 4.78 is 5.37. The standard InChI is InChI=1S/C29H29NO3.ClH/c1-18-12-24(15-25(13-18)29(31)32)28-17-23(14-22-8-5-6-11-27(22)28)20(3)30-19(2)21-9-7-10-26(16-21)33-4;/h5-17,19-20,30H,1-4H3,(H,31,32);1H/t19-,20?;/m1./s1. The monoisotopic (exact) mass is 475 g/mol. The number of aryl methyl sites for hydroxylation is 1. The van der Waals surface area contributed by atoms with Crippen molar-refractivity contribution in [1.29, 1.82) is 0 Å². The lowest BCUT2D eigenvalue weighted by Gasteiger charge is -2.22. The fraction of sp³-hybridized carbons (Fsp3) is 0.207. The summed E-state index contributed by atoms with van der Waals surface area (Å²) in [6, 6.07) is 26.5. The molecule has 0 aliphatic carbocycles. The van der Waals surface area contributed by atoms with Gasteiger partial charge in [0.25, 0.3) is 0 Å². The van der Waals surface area contributed by atoms with Crippen LogP contribution in [0.3, 0.4) is 0 Å². The maximum absolute atomic E-state index is 11.7. The Balaban J connectivity index is 0.00000324. The Bertz CT molecular complexity index is 1320. The van der Waals surface area contributed by atoms with Gasteiger partial charge in [0.15, 0.2) is 0 Å². The molecular weight excluding hydrogens is 446 g/mol. The van der Waals surface area contributed by atoms with E-state index in [1.165, 1.54) is 0 Å². The molecule has 4 aromatic carbocycles. The summed E-state index contributed by atoms with van der Waals surface area (Å²) in [7, 11) is 1.68. The molecule has 0 saturated heterocycles. The highest BCUT2D eigenvalue weighted by atomic mass is 35.5. The largest absolute Gasteiger partial charge is 0.497 e. The summed E-state index contributed by atoms with van der Waals surface area (Å²) in [5.74, 6) is -0.0713. The molecule has 1 unspecified atom stereocenters. The molecule has 0 aliphatic heterocycles. The first-order valence-electron chi connectivity index (χ1n) is 11.1. The topological polar surface area (TPSA) is 58.6 Å². The van der Waals surface area contributed by atoms with Crippen LogP contribution in [0.5, 0.6) is 5.75 Å². The molecule has 2 N–H and O–H groups in total. The van der Waals surface area contributed by atoms with Gasteiger partial charge in [-0.05, 0) is 95.8 Å². The van der Waals surface area contributed by atoms with E-state index in [2.05, 4.69) is 61.6 Å². The quantitative estimate of drug-likeness (QED) is 0.293. The molecule has 176 valence electrons. The fourth-order valence-corrected chi connectivity index (χ4v) is 4.36. The summed E-state index contributed by atoms with van der Waals surface area (Å²) >= 11 is 0. The first-order valence-corrected chi connectivity index (χ1v) is 11.1. The molecule has 0 fully saturated rings. The molecule has 5 heteroatoms. The van der Waals surface area contributed by atoms with Gasteiger partial charge in [-0.2, -0.15) is 0 Å². The summed E-state index contributed by atoms with van der Waals surface area (Å²) in [6.07, 6.45) is 0. The zero-order valence-electron chi connectivity index (χ0n) is 19.8. The van der Waals surface area contributed by atoms with Crippen LogP contribution in [0.4, 0.5) is 0 Å². The molecular formula is C29H30ClNO3. The smallest absolute Gasteiger partial charge is 0.335 e. The Morgan fingerprint density at radius 2 is 1.62 bits per heavy atom. The van der Waals surface area contributed by atoms with E-state index in [1.54, 1.807) is 19.2 Å². The highest BCUT2D eigenvalue weighted by Gasteiger charge is 2.16. The van der Waals surface area contributed by atoms with E-state index in [0.29, 0.717) is 5.56 Å². The lowest BCUT2D eigenvalue weighted by Crippen LogP contribution is -2.22. The van der Waals surface area contributed by atoms with Crippen molar-refractivity contribution in [3.8, 4) is 16.9 Å². The molecule has 2 atom stereocenters. The second kappa shape index (κ2) is 10.7. The Kier molecular flexibility index (Phi) is 7.98. The second-order valence-electron chi connectivity index (χ2n) is 8.57. The van der Waals surface area contributed by atoms with Gasteiger partial charge in [0.1, 0.15) is 5.75 Å². The van der Waals surface area contributed by atoms with Crippen LogP contribution < -0.4 is 10.1 Å². The molecule has 0 heterocycles. The van der Waals surface area contributed by atoms with Crippen LogP contribution >= 0.6 is 12.4 Å². The molecule has 0 aromatic heterocycles. The number of methoxy groups -OCH3 is 1. The number of ether oxygens (including phenoxy) is 1. The average Bonchev–Trinajstić information content (AvgIpc) is 2.82. The molecule has 0 bridgehead atoms. The zero-order chi connectivity index (χ0) is 23.5. The molecule has 4 aromatic rings. The minimum atomic E-state index is -0.914. The van der Waals surface area contributed by atoms with E-state index < -0.39 is 5.97 Å². The van der Waals surface area contributed by atoms with Crippen LogP contribution in [0, 0.1) is 6.92 Å². The third kappa shape index (κ3) is 5.41. The van der Waals surface area contributed by atoms with Gasteiger partial charge < -0.3 is 15.2 Å². The molecule has 0 saturated carbocycles. The van der Waals surface area contributed by atoms with E-state index in [-0.39, 0.29) is 24.5 Å². The van der Waals surface area contributed by atoms with Crippen LogP contribution in [0.1, 0.15) is 53.0 Å². The molecule has 0 aliphatic rings. The van der Waals surface area contributed by atoms with Crippen molar-refractivity contribution < 1.29 is 14.6 Å². The Hall–Kier alpha value is -3.34. The van der Waals surface area contributed by atoms with Crippen LogP contribution in [-0.4, -0.2) is 18.2 Å². The minimum Gasteiger partial charge on any atom is -0.497 e. The number of benzene rings is 4. The fourth-order valence-electron chi connectivity index (χ4n) is 4.36. The first kappa shape index (κ1) is 25.3. The third-order valence-electron chi connectivity index (χ3n) is 6.11. The summed E-state index contributed by atoms with van der Waals surface area (Å²) in [5, 5.41) is 15.5. The average molecular weight is 476 g/mol. The Morgan fingerprint density at radius 3 is 2.35 bits per heavy atom. The third-order valence-corrected chi connectivity index (χ3v) is 6.11. The van der Waals surface area contributed by atoms with Gasteiger partial charge in [-0.1, -0.05) is 42.5 Å². The highest BCUT2D eigenvalue weighted by molar-refractivity contribution is 5.99. The number of fused-ring (bicyclic) bond motifs is 1. The van der Waals surface area contributed by atoms with E-state index in [9.17, 15) is 9.90 Å². The lowest BCUT2D eigenvalue weighted by molar-refractivity contribution is 0.0697. The highest BCUT2D eigenvalue weighted by Crippen LogP contribution is 2.34. The zero-order valence-corrected chi connectivity index (χ0v) is 20.6. The number of rotatable bonds is 7. The first-order chi connectivity index (χ1) is 15.9. The molecule has 34 heavy (non-hydrogen) atoms. The van der Waals surface area contributed by atoms with Gasteiger partial charge in [0.05, 0.1) is 12.7 Å². The van der Waals surface area contributed by atoms with Gasteiger partial charge in [-0.3, -0.25) is 0 Å². The van der Waals surface area contributed by atoms with Gasteiger partial charge in [-0.15, -0.1) is 12.4 Å². The Morgan fingerprint density at radius 1 is 0.882 bits per heavy atom. The summed E-state index contributed by atoms with van der Waals surface area (Å²) in [6.45, 7) is 6.23.